The first-order valence-corrected chi connectivity index (χ1v) is 9.47. The molecular weight excluding hydrogens is 373 g/mol. The van der Waals surface area contributed by atoms with Crippen molar-refractivity contribution in [1.82, 2.24) is 9.80 Å². The first-order valence-electron chi connectivity index (χ1n) is 9.47. The molecule has 0 spiro atoms. The smallest absolute Gasteiger partial charge is 0.404 e. The number of alkyl halides is 3. The van der Waals surface area contributed by atoms with Crippen molar-refractivity contribution in [2.75, 3.05) is 26.2 Å². The van der Waals surface area contributed by atoms with Crippen molar-refractivity contribution in [2.24, 2.45) is 17.3 Å². The second kappa shape index (κ2) is 7.73. The molecule has 1 amide bonds. The standard InChI is InChI=1S/C20H25F3N2O3/c1-14-9-16(17(26)27)12-25(10-14)18(28)19(20(21,22)23)7-8-24(13-19)11-15-5-3-2-4-6-15/h2-6,14,16H,7-13H2,1H3,(H,26,27). The molecule has 0 saturated carbocycles. The van der Waals surface area contributed by atoms with E-state index in [2.05, 4.69) is 0 Å². The highest BCUT2D eigenvalue weighted by Gasteiger charge is 2.64. The number of carbonyl (C=O) groups excluding carboxylic acids is 1. The normalized spacial score (nSPS) is 29.1. The van der Waals surface area contributed by atoms with E-state index in [4.69, 9.17) is 0 Å². The predicted octanol–water partition coefficient (Wildman–Crippen LogP) is 3.01. The number of hydrogen-bond donors (Lipinski definition) is 1. The Hall–Kier alpha value is -2.09. The van der Waals surface area contributed by atoms with Gasteiger partial charge in [-0.1, -0.05) is 37.3 Å². The first kappa shape index (κ1) is 20.6. The molecule has 1 aromatic carbocycles. The van der Waals surface area contributed by atoms with E-state index in [9.17, 15) is 27.9 Å². The van der Waals surface area contributed by atoms with Gasteiger partial charge in [0.1, 0.15) is 0 Å². The van der Waals surface area contributed by atoms with Crippen LogP contribution in [0.1, 0.15) is 25.3 Å². The Balaban J connectivity index is 1.80. The van der Waals surface area contributed by atoms with Crippen LogP contribution in [0, 0.1) is 17.3 Å². The lowest BCUT2D eigenvalue weighted by Crippen LogP contribution is -2.57. The third kappa shape index (κ3) is 4.01. The number of carbonyl (C=O) groups is 2. The molecule has 0 bridgehead atoms. The molecule has 2 fully saturated rings. The van der Waals surface area contributed by atoms with Crippen LogP contribution in [0.15, 0.2) is 30.3 Å². The Morgan fingerprint density at radius 3 is 2.50 bits per heavy atom. The zero-order chi connectivity index (χ0) is 20.5. The van der Waals surface area contributed by atoms with Crippen molar-refractivity contribution in [1.29, 1.82) is 0 Å². The molecule has 3 atom stereocenters. The van der Waals surface area contributed by atoms with Crippen LogP contribution in [0.3, 0.4) is 0 Å². The fourth-order valence-corrected chi connectivity index (χ4v) is 4.39. The van der Waals surface area contributed by atoms with Gasteiger partial charge in [-0.25, -0.2) is 0 Å². The maximum Gasteiger partial charge on any atom is 0.404 e. The zero-order valence-corrected chi connectivity index (χ0v) is 15.8. The number of aliphatic carboxylic acids is 1. The van der Waals surface area contributed by atoms with Gasteiger partial charge in [0.25, 0.3) is 0 Å². The van der Waals surface area contributed by atoms with Gasteiger partial charge in [0.2, 0.25) is 5.91 Å². The van der Waals surface area contributed by atoms with E-state index < -0.39 is 35.9 Å². The van der Waals surface area contributed by atoms with Crippen LogP contribution >= 0.6 is 0 Å². The van der Waals surface area contributed by atoms with Gasteiger partial charge < -0.3 is 10.0 Å². The first-order chi connectivity index (χ1) is 13.1. The van der Waals surface area contributed by atoms with E-state index in [1.165, 1.54) is 0 Å². The molecule has 3 unspecified atom stereocenters. The van der Waals surface area contributed by atoms with Crippen molar-refractivity contribution in [3.63, 3.8) is 0 Å². The summed E-state index contributed by atoms with van der Waals surface area (Å²) in [5, 5.41) is 9.28. The Morgan fingerprint density at radius 2 is 1.89 bits per heavy atom. The molecule has 0 radical (unpaired) electrons. The van der Waals surface area contributed by atoms with Crippen molar-refractivity contribution < 1.29 is 27.9 Å². The fourth-order valence-electron chi connectivity index (χ4n) is 4.39. The molecule has 2 saturated heterocycles. The molecule has 8 heteroatoms. The van der Waals surface area contributed by atoms with Crippen molar-refractivity contribution in [3.8, 4) is 0 Å². The molecule has 5 nitrogen and oxygen atoms in total. The summed E-state index contributed by atoms with van der Waals surface area (Å²) < 4.78 is 42.3. The van der Waals surface area contributed by atoms with Crippen LogP contribution in [0.2, 0.25) is 0 Å². The molecule has 3 rings (SSSR count). The number of nitrogens with zero attached hydrogens (tertiary/aromatic N) is 2. The van der Waals surface area contributed by atoms with Crippen LogP contribution in [-0.2, 0) is 16.1 Å². The largest absolute Gasteiger partial charge is 0.481 e. The number of carboxylic acid groups (broad SMARTS) is 1. The van der Waals surface area contributed by atoms with Crippen molar-refractivity contribution >= 4 is 11.9 Å². The molecule has 28 heavy (non-hydrogen) atoms. The van der Waals surface area contributed by atoms with Crippen molar-refractivity contribution in [3.05, 3.63) is 35.9 Å². The van der Waals surface area contributed by atoms with E-state index in [0.717, 1.165) is 10.5 Å². The maximum absolute atomic E-state index is 14.1. The van der Waals surface area contributed by atoms with Gasteiger partial charge in [0, 0.05) is 26.2 Å². The highest BCUT2D eigenvalue weighted by atomic mass is 19.4. The Morgan fingerprint density at radius 1 is 1.21 bits per heavy atom. The van der Waals surface area contributed by atoms with E-state index in [1.54, 1.807) is 11.8 Å². The van der Waals surface area contributed by atoms with E-state index in [-0.39, 0.29) is 32.0 Å². The number of piperidine rings is 1. The minimum Gasteiger partial charge on any atom is -0.481 e. The third-order valence-corrected chi connectivity index (χ3v) is 5.85. The van der Waals surface area contributed by atoms with Crippen LogP contribution in [-0.4, -0.2) is 59.1 Å². The van der Waals surface area contributed by atoms with Crippen LogP contribution < -0.4 is 0 Å². The average molecular weight is 398 g/mol. The number of amides is 1. The van der Waals surface area contributed by atoms with Crippen LogP contribution in [0.25, 0.3) is 0 Å². The Labute approximate surface area is 162 Å². The Bertz CT molecular complexity index is 725. The molecule has 1 aromatic rings. The van der Waals surface area contributed by atoms with E-state index in [1.807, 2.05) is 30.3 Å². The zero-order valence-electron chi connectivity index (χ0n) is 15.8. The average Bonchev–Trinajstić information content (AvgIpc) is 3.06. The molecule has 0 aromatic heterocycles. The van der Waals surface area contributed by atoms with E-state index in [0.29, 0.717) is 13.0 Å². The summed E-state index contributed by atoms with van der Waals surface area (Å²) in [7, 11) is 0. The molecular formula is C20H25F3N2O3. The summed E-state index contributed by atoms with van der Waals surface area (Å²) in [6.07, 6.45) is -4.61. The second-order valence-corrected chi connectivity index (χ2v) is 8.11. The second-order valence-electron chi connectivity index (χ2n) is 8.11. The van der Waals surface area contributed by atoms with Gasteiger partial charge in [-0.3, -0.25) is 14.5 Å². The summed E-state index contributed by atoms with van der Waals surface area (Å²) in [5.41, 5.74) is -1.58. The minimum absolute atomic E-state index is 0.147. The molecule has 154 valence electrons. The SMILES string of the molecule is CC1CC(C(=O)O)CN(C(=O)C2(C(F)(F)F)CCN(Cc3ccccc3)C2)C1. The fraction of sp³-hybridized carbons (Fsp3) is 0.600. The van der Waals surface area contributed by atoms with Gasteiger partial charge in [0.15, 0.2) is 5.41 Å². The summed E-state index contributed by atoms with van der Waals surface area (Å²) in [6.45, 7) is 1.90. The number of benzene rings is 1. The molecule has 2 aliphatic rings. The maximum atomic E-state index is 14.1. The number of hydrogen-bond acceptors (Lipinski definition) is 3. The van der Waals surface area contributed by atoms with Gasteiger partial charge in [-0.05, 0) is 30.9 Å². The topological polar surface area (TPSA) is 60.9 Å². The monoisotopic (exact) mass is 398 g/mol. The minimum atomic E-state index is -4.69. The lowest BCUT2D eigenvalue weighted by molar-refractivity contribution is -0.224. The van der Waals surface area contributed by atoms with Crippen LogP contribution in [0.5, 0.6) is 0 Å². The number of carboxylic acids is 1. The van der Waals surface area contributed by atoms with Gasteiger partial charge in [0.05, 0.1) is 5.92 Å². The number of halogens is 3. The lowest BCUT2D eigenvalue weighted by Gasteiger charge is -2.40. The highest BCUT2D eigenvalue weighted by Crippen LogP contribution is 2.47. The molecule has 1 N–H and O–H groups in total. The molecule has 2 heterocycles. The summed E-state index contributed by atoms with van der Waals surface area (Å²) >= 11 is 0. The summed E-state index contributed by atoms with van der Waals surface area (Å²) in [5.74, 6) is -3.01. The quantitative estimate of drug-likeness (QED) is 0.847. The summed E-state index contributed by atoms with van der Waals surface area (Å²) in [6, 6.07) is 9.19. The third-order valence-electron chi connectivity index (χ3n) is 5.85. The van der Waals surface area contributed by atoms with Gasteiger partial charge in [-0.15, -0.1) is 0 Å². The predicted molar refractivity (Wildman–Crippen MR) is 96.3 cm³/mol. The molecule has 0 aliphatic carbocycles. The number of rotatable bonds is 4. The Kier molecular flexibility index (Phi) is 5.70. The van der Waals surface area contributed by atoms with Gasteiger partial charge >= 0.3 is 12.1 Å². The van der Waals surface area contributed by atoms with Gasteiger partial charge in [-0.2, -0.15) is 13.2 Å². The lowest BCUT2D eigenvalue weighted by atomic mass is 9.82. The summed E-state index contributed by atoms with van der Waals surface area (Å²) in [4.78, 5) is 27.2. The van der Waals surface area contributed by atoms with Crippen molar-refractivity contribution in [2.45, 2.75) is 32.5 Å². The molecule has 2 aliphatic heterocycles. The number of likely N-dealkylation sites (tertiary alicyclic amines) is 2. The van der Waals surface area contributed by atoms with E-state index >= 15 is 0 Å². The highest BCUT2D eigenvalue weighted by molar-refractivity contribution is 5.85. The van der Waals surface area contributed by atoms with Crippen LogP contribution in [0.4, 0.5) is 13.2 Å².